The maximum Gasteiger partial charge on any atom is 0.343 e. The van der Waals surface area contributed by atoms with E-state index in [1.807, 2.05) is 0 Å². The summed E-state index contributed by atoms with van der Waals surface area (Å²) in [5.41, 5.74) is -1.76. The van der Waals surface area contributed by atoms with E-state index in [0.717, 1.165) is 6.92 Å². The van der Waals surface area contributed by atoms with Gasteiger partial charge in [0.15, 0.2) is 5.82 Å². The Morgan fingerprint density at radius 3 is 2.31 bits per heavy atom. The number of benzene rings is 1. The number of aryl methyl sites for hydroxylation is 1. The first-order valence-corrected chi connectivity index (χ1v) is 3.23. The van der Waals surface area contributed by atoms with Crippen molar-refractivity contribution in [1.29, 1.82) is 0 Å². The second-order valence-electron chi connectivity index (χ2n) is 2.41. The SMILES string of the molecule is Cc1cc(F)c([N+](=O)[O-])c(F)c1F. The molecule has 0 unspecified atom stereocenters. The summed E-state index contributed by atoms with van der Waals surface area (Å²) in [4.78, 5) is 8.77. The lowest BCUT2D eigenvalue weighted by Gasteiger charge is -1.99. The fourth-order valence-corrected chi connectivity index (χ4v) is 0.871. The van der Waals surface area contributed by atoms with Crippen molar-refractivity contribution < 1.29 is 18.1 Å². The van der Waals surface area contributed by atoms with Crippen molar-refractivity contribution in [1.82, 2.24) is 0 Å². The van der Waals surface area contributed by atoms with E-state index in [2.05, 4.69) is 0 Å². The van der Waals surface area contributed by atoms with Gasteiger partial charge in [0, 0.05) is 0 Å². The minimum atomic E-state index is -1.76. The van der Waals surface area contributed by atoms with E-state index < -0.39 is 28.1 Å². The third-order valence-electron chi connectivity index (χ3n) is 1.50. The lowest BCUT2D eigenvalue weighted by Crippen LogP contribution is -2.01. The van der Waals surface area contributed by atoms with Crippen LogP contribution in [-0.2, 0) is 0 Å². The van der Waals surface area contributed by atoms with Crippen LogP contribution in [0, 0.1) is 34.5 Å². The van der Waals surface area contributed by atoms with Crippen molar-refractivity contribution in [2.75, 3.05) is 0 Å². The molecule has 1 aromatic rings. The monoisotopic (exact) mass is 191 g/mol. The largest absolute Gasteiger partial charge is 0.343 e. The second-order valence-corrected chi connectivity index (χ2v) is 2.41. The fourth-order valence-electron chi connectivity index (χ4n) is 0.871. The molecule has 6 heteroatoms. The zero-order chi connectivity index (χ0) is 10.2. The number of hydrogen-bond donors (Lipinski definition) is 0. The van der Waals surface area contributed by atoms with Gasteiger partial charge in [0.25, 0.3) is 0 Å². The molecule has 0 aliphatic carbocycles. The van der Waals surface area contributed by atoms with E-state index in [-0.39, 0.29) is 5.56 Å². The molecule has 13 heavy (non-hydrogen) atoms. The molecule has 0 aromatic heterocycles. The van der Waals surface area contributed by atoms with Gasteiger partial charge in [-0.15, -0.1) is 0 Å². The first kappa shape index (κ1) is 9.50. The summed E-state index contributed by atoms with van der Waals surface area (Å²) in [5.74, 6) is -4.53. The molecular weight excluding hydrogens is 187 g/mol. The Balaban J connectivity index is 3.53. The molecule has 0 aliphatic heterocycles. The Morgan fingerprint density at radius 2 is 1.85 bits per heavy atom. The molecule has 0 fully saturated rings. The Bertz CT molecular complexity index is 378. The number of nitro benzene ring substituents is 1. The molecular formula is C7H4F3NO2. The molecule has 1 aromatic carbocycles. The van der Waals surface area contributed by atoms with Gasteiger partial charge < -0.3 is 0 Å². The van der Waals surface area contributed by atoms with Crippen molar-refractivity contribution in [2.45, 2.75) is 6.92 Å². The molecule has 0 saturated carbocycles. The molecule has 70 valence electrons. The molecule has 0 saturated heterocycles. The van der Waals surface area contributed by atoms with Crippen molar-refractivity contribution in [2.24, 2.45) is 0 Å². The van der Waals surface area contributed by atoms with Crippen LogP contribution in [0.15, 0.2) is 6.07 Å². The number of halogens is 3. The smallest absolute Gasteiger partial charge is 0.258 e. The van der Waals surface area contributed by atoms with Crippen molar-refractivity contribution in [3.63, 3.8) is 0 Å². The normalized spacial score (nSPS) is 10.2. The van der Waals surface area contributed by atoms with Crippen LogP contribution in [0.5, 0.6) is 0 Å². The average Bonchev–Trinajstić information content (AvgIpc) is 1.99. The molecule has 0 bridgehead atoms. The highest BCUT2D eigenvalue weighted by Gasteiger charge is 2.25. The number of nitro groups is 1. The average molecular weight is 191 g/mol. The Morgan fingerprint density at radius 1 is 1.31 bits per heavy atom. The molecule has 1 rings (SSSR count). The highest BCUT2D eigenvalue weighted by atomic mass is 19.2. The molecule has 0 aliphatic rings. The van der Waals surface area contributed by atoms with Gasteiger partial charge in [0.1, 0.15) is 0 Å². The number of rotatable bonds is 1. The first-order valence-electron chi connectivity index (χ1n) is 3.23. The van der Waals surface area contributed by atoms with Gasteiger partial charge in [-0.2, -0.15) is 8.78 Å². The predicted octanol–water partition coefficient (Wildman–Crippen LogP) is 2.32. The highest BCUT2D eigenvalue weighted by molar-refractivity contribution is 5.37. The van der Waals surface area contributed by atoms with Crippen LogP contribution in [0.3, 0.4) is 0 Å². The van der Waals surface area contributed by atoms with Crippen LogP contribution in [0.2, 0.25) is 0 Å². The van der Waals surface area contributed by atoms with Gasteiger partial charge >= 0.3 is 5.69 Å². The van der Waals surface area contributed by atoms with Crippen molar-refractivity contribution >= 4 is 5.69 Å². The van der Waals surface area contributed by atoms with Crippen LogP contribution >= 0.6 is 0 Å². The molecule has 3 nitrogen and oxygen atoms in total. The van der Waals surface area contributed by atoms with Crippen LogP contribution in [-0.4, -0.2) is 4.92 Å². The molecule has 0 N–H and O–H groups in total. The third kappa shape index (κ3) is 1.47. The topological polar surface area (TPSA) is 43.1 Å². The van der Waals surface area contributed by atoms with Gasteiger partial charge in [-0.1, -0.05) is 0 Å². The number of hydrogen-bond acceptors (Lipinski definition) is 2. The van der Waals surface area contributed by atoms with Gasteiger partial charge in [0.2, 0.25) is 11.6 Å². The van der Waals surface area contributed by atoms with Crippen molar-refractivity contribution in [3.8, 4) is 0 Å². The fraction of sp³-hybridized carbons (Fsp3) is 0.143. The quantitative estimate of drug-likeness (QED) is 0.388. The summed E-state index contributed by atoms with van der Waals surface area (Å²) >= 11 is 0. The summed E-state index contributed by atoms with van der Waals surface area (Å²) in [7, 11) is 0. The van der Waals surface area contributed by atoms with Crippen molar-refractivity contribution in [3.05, 3.63) is 39.2 Å². The summed E-state index contributed by atoms with van der Waals surface area (Å²) < 4.78 is 38.1. The molecule has 0 radical (unpaired) electrons. The lowest BCUT2D eigenvalue weighted by molar-refractivity contribution is -0.390. The maximum atomic E-state index is 12.7. The molecule has 0 heterocycles. The molecule has 0 atom stereocenters. The van der Waals surface area contributed by atoms with Gasteiger partial charge in [-0.05, 0) is 18.6 Å². The summed E-state index contributed by atoms with van der Waals surface area (Å²) in [6.45, 7) is 1.12. The van der Waals surface area contributed by atoms with E-state index in [4.69, 9.17) is 0 Å². The Hall–Kier alpha value is -1.59. The van der Waals surface area contributed by atoms with Gasteiger partial charge in [-0.25, -0.2) is 4.39 Å². The van der Waals surface area contributed by atoms with Crippen LogP contribution in [0.4, 0.5) is 18.9 Å². The Labute approximate surface area is 70.9 Å². The number of nitrogens with zero attached hydrogens (tertiary/aromatic N) is 1. The third-order valence-corrected chi connectivity index (χ3v) is 1.50. The van der Waals surface area contributed by atoms with Gasteiger partial charge in [0.05, 0.1) is 4.92 Å². The van der Waals surface area contributed by atoms with Crippen LogP contribution in [0.1, 0.15) is 5.56 Å². The molecule has 0 spiro atoms. The van der Waals surface area contributed by atoms with E-state index in [1.165, 1.54) is 0 Å². The summed E-state index contributed by atoms with van der Waals surface area (Å²) in [5, 5.41) is 10.1. The highest BCUT2D eigenvalue weighted by Crippen LogP contribution is 2.25. The van der Waals surface area contributed by atoms with E-state index in [9.17, 15) is 23.3 Å². The minimum absolute atomic E-state index is 0.305. The maximum absolute atomic E-state index is 12.7. The van der Waals surface area contributed by atoms with E-state index in [0.29, 0.717) is 6.07 Å². The van der Waals surface area contributed by atoms with Crippen LogP contribution in [0.25, 0.3) is 0 Å². The van der Waals surface area contributed by atoms with E-state index >= 15 is 0 Å². The zero-order valence-electron chi connectivity index (χ0n) is 6.47. The first-order chi connectivity index (χ1) is 5.95. The molecule has 0 amide bonds. The Kier molecular flexibility index (Phi) is 2.22. The zero-order valence-corrected chi connectivity index (χ0v) is 6.47. The van der Waals surface area contributed by atoms with Crippen LogP contribution < -0.4 is 0 Å². The second kappa shape index (κ2) is 3.04. The lowest BCUT2D eigenvalue weighted by atomic mass is 10.2. The minimum Gasteiger partial charge on any atom is -0.258 e. The van der Waals surface area contributed by atoms with E-state index in [1.54, 1.807) is 0 Å². The summed E-state index contributed by atoms with van der Waals surface area (Å²) in [6, 6.07) is 0.580. The standard InChI is InChI=1S/C7H4F3NO2/c1-3-2-4(8)7(11(12)13)6(10)5(3)9/h2H,1H3. The van der Waals surface area contributed by atoms with Gasteiger partial charge in [-0.3, -0.25) is 10.1 Å². The summed E-state index contributed by atoms with van der Waals surface area (Å²) in [6.07, 6.45) is 0. The predicted molar refractivity (Wildman–Crippen MR) is 37.7 cm³/mol.